The normalized spacial score (nSPS) is 12.1. The predicted octanol–water partition coefficient (Wildman–Crippen LogP) is 3.18. The fourth-order valence-corrected chi connectivity index (χ4v) is 2.72. The Hall–Kier alpha value is -1.20. The van der Waals surface area contributed by atoms with Gasteiger partial charge in [0.1, 0.15) is 0 Å². The second kappa shape index (κ2) is 5.93. The third-order valence-electron chi connectivity index (χ3n) is 2.88. The molecule has 1 nitrogen and oxygen atoms in total. The Morgan fingerprint density at radius 3 is 2.35 bits per heavy atom. The van der Waals surface area contributed by atoms with Gasteiger partial charge in [-0.1, -0.05) is 0 Å². The van der Waals surface area contributed by atoms with Crippen LogP contribution in [0.4, 0.5) is 5.69 Å². The van der Waals surface area contributed by atoms with Gasteiger partial charge in [0.25, 0.3) is 0 Å². The SMILES string of the molecule is CNc1ccccc1CC([As])c1ccccc1. The third-order valence-corrected chi connectivity index (χ3v) is 3.89. The zero-order chi connectivity index (χ0) is 12.1. The van der Waals surface area contributed by atoms with Crippen molar-refractivity contribution in [3.8, 4) is 0 Å². The van der Waals surface area contributed by atoms with Crippen molar-refractivity contribution in [2.24, 2.45) is 0 Å². The van der Waals surface area contributed by atoms with Gasteiger partial charge in [0, 0.05) is 0 Å². The molecule has 0 aromatic heterocycles. The number of hydrogen-bond acceptors (Lipinski definition) is 1. The van der Waals surface area contributed by atoms with E-state index in [1.54, 1.807) is 0 Å². The fraction of sp³-hybridized carbons (Fsp3) is 0.200. The zero-order valence-corrected chi connectivity index (χ0v) is 11.8. The molecule has 2 aromatic carbocycles. The summed E-state index contributed by atoms with van der Waals surface area (Å²) in [7, 11) is 1.97. The van der Waals surface area contributed by atoms with Crippen LogP contribution < -0.4 is 5.32 Å². The summed E-state index contributed by atoms with van der Waals surface area (Å²) < 4.78 is 0.484. The van der Waals surface area contributed by atoms with Crippen LogP contribution in [-0.2, 0) is 6.42 Å². The molecule has 0 amide bonds. The Labute approximate surface area is 112 Å². The number of anilines is 1. The standard InChI is InChI=1S/C15H16AsN/c1-17-15-10-6-5-9-13(15)11-14(16)12-7-3-2-4-8-12/h2-10,14,17H,11H2,1H3. The van der Waals surface area contributed by atoms with Gasteiger partial charge in [-0.2, -0.15) is 0 Å². The molecule has 2 rings (SSSR count). The summed E-state index contributed by atoms with van der Waals surface area (Å²) in [6.45, 7) is 0. The summed E-state index contributed by atoms with van der Waals surface area (Å²) in [5, 5.41) is 3.25. The van der Waals surface area contributed by atoms with Gasteiger partial charge in [0.2, 0.25) is 0 Å². The number of para-hydroxylation sites is 1. The molecule has 0 bridgehead atoms. The maximum atomic E-state index is 3.25. The summed E-state index contributed by atoms with van der Waals surface area (Å²) in [4.78, 5) is 0. The Morgan fingerprint density at radius 2 is 1.65 bits per heavy atom. The van der Waals surface area contributed by atoms with Gasteiger partial charge >= 0.3 is 112 Å². The van der Waals surface area contributed by atoms with E-state index in [4.69, 9.17) is 0 Å². The fourth-order valence-electron chi connectivity index (χ4n) is 1.94. The molecule has 1 unspecified atom stereocenters. The Bertz CT molecular complexity index is 467. The van der Waals surface area contributed by atoms with Crippen molar-refractivity contribution in [1.29, 1.82) is 0 Å². The molecule has 0 spiro atoms. The van der Waals surface area contributed by atoms with Crippen LogP contribution in [0, 0.1) is 0 Å². The van der Waals surface area contributed by atoms with Gasteiger partial charge in [-0.3, -0.25) is 0 Å². The molecule has 2 radical (unpaired) electrons. The van der Waals surface area contributed by atoms with Gasteiger partial charge in [-0.15, -0.1) is 0 Å². The van der Waals surface area contributed by atoms with Crippen LogP contribution in [-0.4, -0.2) is 23.9 Å². The summed E-state index contributed by atoms with van der Waals surface area (Å²) in [5.74, 6) is 0. The van der Waals surface area contributed by atoms with E-state index in [9.17, 15) is 0 Å². The summed E-state index contributed by atoms with van der Waals surface area (Å²) in [6.07, 6.45) is 1.04. The van der Waals surface area contributed by atoms with Crippen LogP contribution in [0.2, 0.25) is 0 Å². The summed E-state index contributed by atoms with van der Waals surface area (Å²) >= 11 is 2.77. The van der Waals surface area contributed by atoms with Gasteiger partial charge in [0.05, 0.1) is 0 Å². The zero-order valence-electron chi connectivity index (χ0n) is 9.93. The average molecular weight is 285 g/mol. The molecule has 1 atom stereocenters. The molecule has 86 valence electrons. The molecule has 0 saturated heterocycles. The van der Waals surface area contributed by atoms with Crippen molar-refractivity contribution in [2.75, 3.05) is 12.4 Å². The Morgan fingerprint density at radius 1 is 1.00 bits per heavy atom. The van der Waals surface area contributed by atoms with E-state index < -0.39 is 0 Å². The van der Waals surface area contributed by atoms with E-state index in [1.165, 1.54) is 16.8 Å². The van der Waals surface area contributed by atoms with Crippen molar-refractivity contribution in [2.45, 2.75) is 11.1 Å². The molecule has 0 aliphatic heterocycles. The first kappa shape index (κ1) is 12.3. The van der Waals surface area contributed by atoms with Gasteiger partial charge in [-0.25, -0.2) is 0 Å². The van der Waals surface area contributed by atoms with E-state index in [2.05, 4.69) is 76.8 Å². The van der Waals surface area contributed by atoms with E-state index in [1.807, 2.05) is 7.05 Å². The van der Waals surface area contributed by atoms with E-state index >= 15 is 0 Å². The summed E-state index contributed by atoms with van der Waals surface area (Å²) in [6, 6.07) is 19.1. The van der Waals surface area contributed by atoms with Crippen LogP contribution in [0.1, 0.15) is 15.8 Å². The van der Waals surface area contributed by atoms with E-state index in [0.29, 0.717) is 4.71 Å². The first-order valence-corrected chi connectivity index (χ1v) is 6.88. The van der Waals surface area contributed by atoms with Crippen molar-refractivity contribution in [1.82, 2.24) is 0 Å². The first-order valence-electron chi connectivity index (χ1n) is 5.80. The number of benzene rings is 2. The maximum absolute atomic E-state index is 3.25. The van der Waals surface area contributed by atoms with Crippen LogP contribution in [0.5, 0.6) is 0 Å². The molecule has 2 heteroatoms. The van der Waals surface area contributed by atoms with Gasteiger partial charge < -0.3 is 0 Å². The molecule has 1 N–H and O–H groups in total. The van der Waals surface area contributed by atoms with Gasteiger partial charge in [0.15, 0.2) is 0 Å². The van der Waals surface area contributed by atoms with E-state index in [0.717, 1.165) is 6.42 Å². The molecule has 0 aliphatic carbocycles. The molecular formula is C15H16AsN. The monoisotopic (exact) mass is 285 g/mol. The minimum absolute atomic E-state index is 0.484. The molecule has 0 heterocycles. The Kier molecular flexibility index (Phi) is 4.28. The van der Waals surface area contributed by atoms with Crippen molar-refractivity contribution in [3.63, 3.8) is 0 Å². The molecule has 17 heavy (non-hydrogen) atoms. The van der Waals surface area contributed by atoms with Crippen LogP contribution >= 0.6 is 0 Å². The third kappa shape index (κ3) is 3.14. The molecule has 0 aliphatic rings. The predicted molar refractivity (Wildman–Crippen MR) is 74.6 cm³/mol. The van der Waals surface area contributed by atoms with Crippen molar-refractivity contribution >= 4 is 22.5 Å². The van der Waals surface area contributed by atoms with E-state index in [-0.39, 0.29) is 0 Å². The first-order chi connectivity index (χ1) is 8.31. The second-order valence-electron chi connectivity index (χ2n) is 4.04. The Balaban J connectivity index is 2.16. The molecule has 0 fully saturated rings. The molecule has 2 aromatic rings. The quantitative estimate of drug-likeness (QED) is 0.851. The van der Waals surface area contributed by atoms with Crippen molar-refractivity contribution < 1.29 is 0 Å². The van der Waals surface area contributed by atoms with Crippen LogP contribution in [0.25, 0.3) is 0 Å². The summed E-state index contributed by atoms with van der Waals surface area (Å²) in [5.41, 5.74) is 3.96. The molecule has 0 saturated carbocycles. The second-order valence-corrected chi connectivity index (χ2v) is 5.35. The number of rotatable bonds is 4. The van der Waals surface area contributed by atoms with Crippen LogP contribution in [0.3, 0.4) is 0 Å². The number of nitrogens with one attached hydrogen (secondary N) is 1. The molecular weight excluding hydrogens is 269 g/mol. The van der Waals surface area contributed by atoms with Crippen molar-refractivity contribution in [3.05, 3.63) is 65.7 Å². The van der Waals surface area contributed by atoms with Crippen LogP contribution in [0.15, 0.2) is 54.6 Å². The minimum atomic E-state index is 0.484. The number of hydrogen-bond donors (Lipinski definition) is 1. The van der Waals surface area contributed by atoms with Gasteiger partial charge in [-0.05, 0) is 0 Å². The topological polar surface area (TPSA) is 12.0 Å². The average Bonchev–Trinajstić information content (AvgIpc) is 2.40.